The average Bonchev–Trinajstić information content (AvgIpc) is 3.44. The van der Waals surface area contributed by atoms with Crippen LogP contribution in [-0.2, 0) is 14.3 Å². The largest absolute Gasteiger partial charge is 0.469 e. The van der Waals surface area contributed by atoms with Crippen molar-refractivity contribution in [2.75, 3.05) is 7.11 Å². The fraction of sp³-hybridized carbons (Fsp3) is 0.633. The normalized spacial score (nSPS) is 15.7. The van der Waals surface area contributed by atoms with E-state index in [9.17, 15) is 14.4 Å². The van der Waals surface area contributed by atoms with Gasteiger partial charge in [0.1, 0.15) is 5.75 Å². The van der Waals surface area contributed by atoms with Crippen LogP contribution in [0.2, 0.25) is 16.6 Å². The minimum Gasteiger partial charge on any atom is -0.469 e. The maximum atomic E-state index is 13.3. The van der Waals surface area contributed by atoms with Gasteiger partial charge in [-0.15, -0.1) is 0 Å². The van der Waals surface area contributed by atoms with Crippen LogP contribution in [0.15, 0.2) is 18.3 Å². The molecule has 0 bridgehead atoms. The molecule has 2 aromatic rings. The number of carbonyl (C=O) groups is 3. The molecule has 0 saturated heterocycles. The third kappa shape index (κ3) is 5.43. The molecule has 1 saturated carbocycles. The van der Waals surface area contributed by atoms with E-state index in [1.807, 2.05) is 12.1 Å². The second-order valence-electron chi connectivity index (χ2n) is 11.8. The van der Waals surface area contributed by atoms with E-state index in [0.29, 0.717) is 28.1 Å². The predicted octanol–water partition coefficient (Wildman–Crippen LogP) is 7.63. The SMILES string of the molecule is COC(=O)C(CC1CCCC1)c1cn([Si](C(C)C)(C(C)C)C(C)C)c2cc(C(C)=O)c(OC(C)=O)cc12. The Hall–Kier alpha value is -2.41. The molecule has 1 aromatic carbocycles. The molecule has 6 nitrogen and oxygen atoms in total. The smallest absolute Gasteiger partial charge is 0.313 e. The summed E-state index contributed by atoms with van der Waals surface area (Å²) < 4.78 is 13.3. The third-order valence-corrected chi connectivity index (χ3v) is 15.4. The standard InChI is InChI=1S/C30H45NO5Si/c1-18(2)37(19(3)4,20(5)6)31-17-27(26(30(34)35-9)14-23-12-10-11-13-23)25-16-29(36-22(8)33)24(21(7)32)15-28(25)31/h15-20,23,26H,10-14H2,1-9H3. The summed E-state index contributed by atoms with van der Waals surface area (Å²) in [7, 11) is -0.789. The Bertz CT molecular complexity index is 1130. The highest BCUT2D eigenvalue weighted by Crippen LogP contribution is 2.47. The van der Waals surface area contributed by atoms with Gasteiger partial charge in [-0.05, 0) is 53.6 Å². The van der Waals surface area contributed by atoms with Gasteiger partial charge in [-0.25, -0.2) is 0 Å². The minimum atomic E-state index is -2.24. The number of rotatable bonds is 10. The van der Waals surface area contributed by atoms with Gasteiger partial charge in [0.05, 0.1) is 18.6 Å². The van der Waals surface area contributed by atoms with Crippen molar-refractivity contribution >= 4 is 36.9 Å². The van der Waals surface area contributed by atoms with Crippen LogP contribution < -0.4 is 4.74 Å². The lowest BCUT2D eigenvalue weighted by molar-refractivity contribution is -0.143. The third-order valence-electron chi connectivity index (χ3n) is 8.67. The van der Waals surface area contributed by atoms with E-state index in [1.165, 1.54) is 33.8 Å². The van der Waals surface area contributed by atoms with E-state index >= 15 is 0 Å². The Morgan fingerprint density at radius 3 is 2.00 bits per heavy atom. The van der Waals surface area contributed by atoms with Gasteiger partial charge in [0, 0.05) is 24.0 Å². The van der Waals surface area contributed by atoms with Gasteiger partial charge in [0.2, 0.25) is 0 Å². The first-order valence-corrected chi connectivity index (χ1v) is 16.0. The average molecular weight is 528 g/mol. The van der Waals surface area contributed by atoms with Crippen molar-refractivity contribution in [2.45, 2.75) is 110 Å². The fourth-order valence-corrected chi connectivity index (χ4v) is 13.9. The number of aromatic nitrogens is 1. The second-order valence-corrected chi connectivity index (χ2v) is 17.5. The van der Waals surface area contributed by atoms with Gasteiger partial charge >= 0.3 is 11.9 Å². The number of hydrogen-bond donors (Lipinski definition) is 0. The molecule has 1 aromatic heterocycles. The Balaban J connectivity index is 2.44. The van der Waals surface area contributed by atoms with Crippen LogP contribution in [0.25, 0.3) is 10.9 Å². The van der Waals surface area contributed by atoms with Gasteiger partial charge in [0.15, 0.2) is 14.0 Å². The van der Waals surface area contributed by atoms with Gasteiger partial charge < -0.3 is 13.7 Å². The first-order valence-electron chi connectivity index (χ1n) is 13.8. The zero-order valence-corrected chi connectivity index (χ0v) is 25.1. The Morgan fingerprint density at radius 1 is 0.973 bits per heavy atom. The zero-order chi connectivity index (χ0) is 27.7. The highest BCUT2D eigenvalue weighted by atomic mass is 28.3. The van der Waals surface area contributed by atoms with Crippen molar-refractivity contribution in [3.8, 4) is 5.75 Å². The molecule has 204 valence electrons. The first-order chi connectivity index (χ1) is 17.4. The number of Topliss-reactive ketones (excluding diaryl/α,β-unsaturated/α-hetero) is 1. The van der Waals surface area contributed by atoms with Crippen molar-refractivity contribution in [1.82, 2.24) is 4.23 Å². The molecule has 7 heteroatoms. The molecule has 0 aliphatic heterocycles. The lowest BCUT2D eigenvalue weighted by Crippen LogP contribution is -2.51. The Morgan fingerprint density at radius 2 is 1.54 bits per heavy atom. The van der Waals surface area contributed by atoms with Crippen molar-refractivity contribution in [2.24, 2.45) is 5.92 Å². The second kappa shape index (κ2) is 11.5. The monoisotopic (exact) mass is 527 g/mol. The van der Waals surface area contributed by atoms with E-state index in [2.05, 4.69) is 52.0 Å². The fourth-order valence-electron chi connectivity index (χ4n) is 7.30. The van der Waals surface area contributed by atoms with Gasteiger partial charge in [-0.1, -0.05) is 67.2 Å². The molecular weight excluding hydrogens is 482 g/mol. The molecule has 1 heterocycles. The topological polar surface area (TPSA) is 74.6 Å². The quantitative estimate of drug-likeness (QED) is 0.137. The number of esters is 2. The number of hydrogen-bond acceptors (Lipinski definition) is 5. The Kier molecular flexibility index (Phi) is 9.09. The summed E-state index contributed by atoms with van der Waals surface area (Å²) in [6.45, 7) is 16.6. The van der Waals surface area contributed by atoms with E-state index in [-0.39, 0.29) is 17.5 Å². The van der Waals surface area contributed by atoms with E-state index in [0.717, 1.165) is 35.7 Å². The molecule has 1 fully saturated rings. The minimum absolute atomic E-state index is 0.158. The van der Waals surface area contributed by atoms with Gasteiger partial charge in [0.25, 0.3) is 0 Å². The summed E-state index contributed by atoms with van der Waals surface area (Å²) in [6.07, 6.45) is 7.58. The lowest BCUT2D eigenvalue weighted by Gasteiger charge is -2.44. The molecule has 37 heavy (non-hydrogen) atoms. The van der Waals surface area contributed by atoms with Crippen molar-refractivity contribution in [1.29, 1.82) is 0 Å². The summed E-state index contributed by atoms with van der Waals surface area (Å²) >= 11 is 0. The van der Waals surface area contributed by atoms with E-state index < -0.39 is 20.1 Å². The number of ether oxygens (including phenoxy) is 2. The number of carbonyl (C=O) groups excluding carboxylic acids is 3. The lowest BCUT2D eigenvalue weighted by atomic mass is 9.87. The number of nitrogens with zero attached hydrogens (tertiary/aromatic N) is 1. The van der Waals surface area contributed by atoms with Gasteiger partial charge in [-0.2, -0.15) is 0 Å². The predicted molar refractivity (Wildman–Crippen MR) is 151 cm³/mol. The molecule has 3 rings (SSSR count). The molecule has 1 atom stereocenters. The van der Waals surface area contributed by atoms with Crippen LogP contribution in [-0.4, -0.2) is 37.3 Å². The molecule has 1 unspecified atom stereocenters. The van der Waals surface area contributed by atoms with Crippen LogP contribution in [0, 0.1) is 5.92 Å². The summed E-state index contributed by atoms with van der Waals surface area (Å²) in [4.78, 5) is 38.0. The number of ketones is 1. The van der Waals surface area contributed by atoms with Crippen LogP contribution in [0.3, 0.4) is 0 Å². The maximum absolute atomic E-state index is 13.3. The molecule has 1 aliphatic carbocycles. The number of benzene rings is 1. The summed E-state index contributed by atoms with van der Waals surface area (Å²) in [5.74, 6) is -0.552. The first kappa shape index (κ1) is 29.1. The highest BCUT2D eigenvalue weighted by Gasteiger charge is 2.47. The number of methoxy groups -OCH3 is 1. The molecule has 0 N–H and O–H groups in total. The van der Waals surface area contributed by atoms with Crippen LogP contribution in [0.1, 0.15) is 109 Å². The van der Waals surface area contributed by atoms with Gasteiger partial charge in [-0.3, -0.25) is 14.4 Å². The van der Waals surface area contributed by atoms with Crippen LogP contribution in [0.5, 0.6) is 5.75 Å². The van der Waals surface area contributed by atoms with Crippen LogP contribution >= 0.6 is 0 Å². The Labute approximate surface area is 223 Å². The summed E-state index contributed by atoms with van der Waals surface area (Å²) in [5.41, 5.74) is 3.48. The number of fused-ring (bicyclic) bond motifs is 1. The van der Waals surface area contributed by atoms with E-state index in [4.69, 9.17) is 9.47 Å². The molecule has 0 amide bonds. The van der Waals surface area contributed by atoms with Crippen LogP contribution in [0.4, 0.5) is 0 Å². The van der Waals surface area contributed by atoms with Crippen molar-refractivity contribution < 1.29 is 23.9 Å². The molecule has 0 radical (unpaired) electrons. The van der Waals surface area contributed by atoms with Crippen molar-refractivity contribution in [3.63, 3.8) is 0 Å². The summed E-state index contributed by atoms with van der Waals surface area (Å²) in [6, 6.07) is 3.70. The summed E-state index contributed by atoms with van der Waals surface area (Å²) in [5, 5.41) is 0.869. The van der Waals surface area contributed by atoms with E-state index in [1.54, 1.807) is 0 Å². The molecule has 1 aliphatic rings. The maximum Gasteiger partial charge on any atom is 0.313 e. The molecule has 0 spiro atoms. The van der Waals surface area contributed by atoms with Crippen molar-refractivity contribution in [3.05, 3.63) is 29.5 Å². The zero-order valence-electron chi connectivity index (χ0n) is 24.1. The molecular formula is C30H45NO5Si. The highest BCUT2D eigenvalue weighted by molar-refractivity contribution is 6.82.